The molecule has 1 fully saturated rings. The second kappa shape index (κ2) is 6.56. The lowest BCUT2D eigenvalue weighted by Crippen LogP contribution is -2.27. The van der Waals surface area contributed by atoms with Crippen LogP contribution in [0.25, 0.3) is 0 Å². The molecule has 1 saturated heterocycles. The number of likely N-dealkylation sites (tertiary alicyclic amines) is 1. The molecule has 1 aliphatic rings. The van der Waals surface area contributed by atoms with Crippen LogP contribution in [0.1, 0.15) is 19.8 Å². The molecule has 2 rings (SSSR count). The van der Waals surface area contributed by atoms with Crippen LogP contribution in [0.3, 0.4) is 0 Å². The predicted octanol–water partition coefficient (Wildman–Crippen LogP) is 1.39. The summed E-state index contributed by atoms with van der Waals surface area (Å²) in [5, 5.41) is 3.35. The quantitative estimate of drug-likeness (QED) is 0.839. The molecule has 1 atom stereocenters. The summed E-state index contributed by atoms with van der Waals surface area (Å²) in [6.07, 6.45) is 2.30. The van der Waals surface area contributed by atoms with Crippen molar-refractivity contribution in [3.63, 3.8) is 0 Å². The normalized spacial score (nSPS) is 19.4. The van der Waals surface area contributed by atoms with Gasteiger partial charge in [0.05, 0.1) is 20.3 Å². The number of nitrogens with one attached hydrogen (secondary N) is 1. The van der Waals surface area contributed by atoms with Gasteiger partial charge in [0.1, 0.15) is 0 Å². The van der Waals surface area contributed by atoms with Gasteiger partial charge in [-0.05, 0) is 19.4 Å². The van der Waals surface area contributed by atoms with Crippen molar-refractivity contribution < 1.29 is 9.47 Å². The van der Waals surface area contributed by atoms with Crippen molar-refractivity contribution in [3.05, 3.63) is 6.07 Å². The lowest BCUT2D eigenvalue weighted by molar-refractivity contribution is 0.336. The lowest BCUT2D eigenvalue weighted by Gasteiger charge is -2.16. The molecule has 0 bridgehead atoms. The molecule has 0 radical (unpaired) electrons. The maximum Gasteiger partial charge on any atom is 0.229 e. The van der Waals surface area contributed by atoms with Crippen molar-refractivity contribution in [1.82, 2.24) is 14.9 Å². The van der Waals surface area contributed by atoms with Crippen molar-refractivity contribution in [2.75, 3.05) is 39.2 Å². The monoisotopic (exact) mass is 266 g/mol. The van der Waals surface area contributed by atoms with Gasteiger partial charge in [0.2, 0.25) is 17.7 Å². The van der Waals surface area contributed by atoms with Gasteiger partial charge in [-0.25, -0.2) is 0 Å². The largest absolute Gasteiger partial charge is 0.481 e. The van der Waals surface area contributed by atoms with Crippen LogP contribution in [0, 0.1) is 0 Å². The van der Waals surface area contributed by atoms with E-state index in [2.05, 4.69) is 27.1 Å². The van der Waals surface area contributed by atoms with Crippen molar-refractivity contribution in [1.29, 1.82) is 0 Å². The molecule has 0 spiro atoms. The average molecular weight is 266 g/mol. The number of methoxy groups -OCH3 is 2. The first-order valence-electron chi connectivity index (χ1n) is 6.71. The molecule has 0 amide bonds. The maximum atomic E-state index is 5.14. The Morgan fingerprint density at radius 2 is 2.00 bits per heavy atom. The Labute approximate surface area is 114 Å². The van der Waals surface area contributed by atoms with Gasteiger partial charge in [-0.1, -0.05) is 6.92 Å². The zero-order valence-corrected chi connectivity index (χ0v) is 11.8. The van der Waals surface area contributed by atoms with Gasteiger partial charge in [-0.2, -0.15) is 9.97 Å². The molecule has 1 aromatic rings. The van der Waals surface area contributed by atoms with Crippen molar-refractivity contribution >= 4 is 5.95 Å². The standard InChI is InChI=1S/C13H22N4O2/c1-4-6-17-7-5-10(9-17)14-13-15-11(18-2)8-12(16-13)19-3/h8,10H,4-7,9H2,1-3H3,(H,14,15,16). The topological polar surface area (TPSA) is 59.5 Å². The summed E-state index contributed by atoms with van der Waals surface area (Å²) in [6.45, 7) is 5.53. The Hall–Kier alpha value is -1.56. The minimum absolute atomic E-state index is 0.392. The molecule has 19 heavy (non-hydrogen) atoms. The number of ether oxygens (including phenoxy) is 2. The number of aromatic nitrogens is 2. The first kappa shape index (κ1) is 13.9. The fraction of sp³-hybridized carbons (Fsp3) is 0.692. The second-order valence-electron chi connectivity index (χ2n) is 4.71. The van der Waals surface area contributed by atoms with E-state index < -0.39 is 0 Å². The third kappa shape index (κ3) is 3.70. The predicted molar refractivity (Wildman–Crippen MR) is 73.9 cm³/mol. The van der Waals surface area contributed by atoms with Crippen LogP contribution >= 0.6 is 0 Å². The maximum absolute atomic E-state index is 5.14. The molecule has 6 nitrogen and oxygen atoms in total. The van der Waals surface area contributed by atoms with Crippen molar-refractivity contribution in [2.24, 2.45) is 0 Å². The zero-order chi connectivity index (χ0) is 13.7. The zero-order valence-electron chi connectivity index (χ0n) is 11.8. The van der Waals surface area contributed by atoms with Crippen LogP contribution in [0.2, 0.25) is 0 Å². The highest BCUT2D eigenvalue weighted by Crippen LogP contribution is 2.19. The molecule has 0 aliphatic carbocycles. The number of nitrogens with zero attached hydrogens (tertiary/aromatic N) is 3. The van der Waals surface area contributed by atoms with Crippen LogP contribution in [0.4, 0.5) is 5.95 Å². The average Bonchev–Trinajstić information content (AvgIpc) is 2.86. The van der Waals surface area contributed by atoms with E-state index >= 15 is 0 Å². The Bertz CT molecular complexity index is 391. The summed E-state index contributed by atoms with van der Waals surface area (Å²) < 4.78 is 10.3. The number of hydrogen-bond donors (Lipinski definition) is 1. The number of anilines is 1. The molecular formula is C13H22N4O2. The lowest BCUT2D eigenvalue weighted by atomic mass is 10.3. The van der Waals surface area contributed by atoms with Crippen LogP contribution in [0.5, 0.6) is 11.8 Å². The molecule has 6 heteroatoms. The van der Waals surface area contributed by atoms with Crippen molar-refractivity contribution in [3.8, 4) is 11.8 Å². The van der Waals surface area contributed by atoms with Gasteiger partial charge in [0, 0.05) is 19.1 Å². The summed E-state index contributed by atoms with van der Waals surface area (Å²) in [6, 6.07) is 2.06. The molecular weight excluding hydrogens is 244 g/mol. The summed E-state index contributed by atoms with van der Waals surface area (Å²) in [4.78, 5) is 11.0. The molecule has 1 N–H and O–H groups in total. The highest BCUT2D eigenvalue weighted by atomic mass is 16.5. The highest BCUT2D eigenvalue weighted by molar-refractivity contribution is 5.34. The van der Waals surface area contributed by atoms with E-state index in [1.165, 1.54) is 6.42 Å². The molecule has 1 unspecified atom stereocenters. The Balaban J connectivity index is 1.99. The van der Waals surface area contributed by atoms with E-state index in [1.54, 1.807) is 20.3 Å². The van der Waals surface area contributed by atoms with Gasteiger partial charge < -0.3 is 19.7 Å². The van der Waals surface area contributed by atoms with Crippen molar-refractivity contribution in [2.45, 2.75) is 25.8 Å². The van der Waals surface area contributed by atoms with Crippen LogP contribution in [0.15, 0.2) is 6.07 Å². The number of rotatable bonds is 6. The minimum atomic E-state index is 0.392. The van der Waals surface area contributed by atoms with Gasteiger partial charge in [-0.15, -0.1) is 0 Å². The smallest absolute Gasteiger partial charge is 0.229 e. The first-order chi connectivity index (χ1) is 9.25. The molecule has 1 aromatic heterocycles. The van der Waals surface area contributed by atoms with E-state index in [-0.39, 0.29) is 0 Å². The van der Waals surface area contributed by atoms with Crippen LogP contribution in [-0.2, 0) is 0 Å². The van der Waals surface area contributed by atoms with E-state index in [0.29, 0.717) is 23.8 Å². The third-order valence-corrected chi connectivity index (χ3v) is 3.24. The Morgan fingerprint density at radius 3 is 2.58 bits per heavy atom. The van der Waals surface area contributed by atoms with Gasteiger partial charge in [0.25, 0.3) is 0 Å². The Morgan fingerprint density at radius 1 is 1.32 bits per heavy atom. The van der Waals surface area contributed by atoms with E-state index in [9.17, 15) is 0 Å². The second-order valence-corrected chi connectivity index (χ2v) is 4.71. The first-order valence-corrected chi connectivity index (χ1v) is 6.71. The van der Waals surface area contributed by atoms with E-state index in [0.717, 1.165) is 26.1 Å². The SMILES string of the molecule is CCCN1CCC(Nc2nc(OC)cc(OC)n2)C1. The fourth-order valence-corrected chi connectivity index (χ4v) is 2.33. The summed E-state index contributed by atoms with van der Waals surface area (Å²) in [5.41, 5.74) is 0. The van der Waals surface area contributed by atoms with Gasteiger partial charge >= 0.3 is 0 Å². The summed E-state index contributed by atoms with van der Waals surface area (Å²) >= 11 is 0. The highest BCUT2D eigenvalue weighted by Gasteiger charge is 2.22. The van der Waals surface area contributed by atoms with Crippen LogP contribution in [-0.4, -0.2) is 54.8 Å². The van der Waals surface area contributed by atoms with Crippen LogP contribution < -0.4 is 14.8 Å². The van der Waals surface area contributed by atoms with Gasteiger partial charge in [0.15, 0.2) is 0 Å². The molecule has 1 aliphatic heterocycles. The molecule has 106 valence electrons. The van der Waals surface area contributed by atoms with E-state index in [4.69, 9.17) is 9.47 Å². The Kier molecular flexibility index (Phi) is 4.79. The summed E-state index contributed by atoms with van der Waals surface area (Å²) in [7, 11) is 3.17. The summed E-state index contributed by atoms with van der Waals surface area (Å²) in [5.74, 6) is 1.59. The molecule has 0 saturated carbocycles. The van der Waals surface area contributed by atoms with Gasteiger partial charge in [-0.3, -0.25) is 0 Å². The fourth-order valence-electron chi connectivity index (χ4n) is 2.33. The minimum Gasteiger partial charge on any atom is -0.481 e. The van der Waals surface area contributed by atoms with E-state index in [1.807, 2.05) is 0 Å². The number of hydrogen-bond acceptors (Lipinski definition) is 6. The third-order valence-electron chi connectivity index (χ3n) is 3.24. The molecule has 2 heterocycles. The molecule has 0 aromatic carbocycles.